The third-order valence-electron chi connectivity index (χ3n) is 11.2. The minimum absolute atomic E-state index is 0.385. The van der Waals surface area contributed by atoms with Crippen molar-refractivity contribution in [1.29, 1.82) is 15.8 Å². The standard InChI is InChI=1S/C53H28N8/c54-29-32-20-33(30-55)22-38(21-32)40-25-42-39-18-10-11-19-49(39)61-50(42)26-41(40)46-28-48(60-53(58-46)37-16-8-3-9-17-37)44-24-34(31-56)23-43(51(44)61)47-27-45(35-12-4-1-5-13-35)57-52(59-47)36-14-6-2-7-15-36/h1-28H. The van der Waals surface area contributed by atoms with Crippen LogP contribution in [-0.4, -0.2) is 24.3 Å². The molecule has 4 heterocycles. The van der Waals surface area contributed by atoms with E-state index in [-0.39, 0.29) is 0 Å². The Hall–Kier alpha value is -9.03. The lowest BCUT2D eigenvalue weighted by Crippen LogP contribution is -1.99. The summed E-state index contributed by atoms with van der Waals surface area (Å²) in [5.74, 6) is 1.06. The third-order valence-corrected chi connectivity index (χ3v) is 11.2. The van der Waals surface area contributed by atoms with Crippen LogP contribution in [0, 0.1) is 34.0 Å². The van der Waals surface area contributed by atoms with E-state index in [2.05, 4.69) is 46.9 Å². The van der Waals surface area contributed by atoms with Crippen molar-refractivity contribution in [1.82, 2.24) is 24.3 Å². The van der Waals surface area contributed by atoms with Crippen LogP contribution in [0.5, 0.6) is 0 Å². The molecule has 0 aliphatic carbocycles. The Balaban J connectivity index is 1.38. The topological polar surface area (TPSA) is 127 Å². The number of nitriles is 3. The second kappa shape index (κ2) is 14.1. The van der Waals surface area contributed by atoms with Gasteiger partial charge in [0.1, 0.15) is 0 Å². The fourth-order valence-electron chi connectivity index (χ4n) is 8.45. The zero-order chi connectivity index (χ0) is 41.0. The first-order valence-corrected chi connectivity index (χ1v) is 19.6. The molecular formula is C53H28N8. The lowest BCUT2D eigenvalue weighted by molar-refractivity contribution is 1.18. The summed E-state index contributed by atoms with van der Waals surface area (Å²) in [6, 6.07) is 62.3. The smallest absolute Gasteiger partial charge is 0.160 e. The van der Waals surface area contributed by atoms with Gasteiger partial charge in [-0.2, -0.15) is 15.8 Å². The first-order chi connectivity index (χ1) is 30.1. The molecule has 4 aromatic heterocycles. The van der Waals surface area contributed by atoms with Crippen molar-refractivity contribution in [3.63, 3.8) is 0 Å². The predicted molar refractivity (Wildman–Crippen MR) is 240 cm³/mol. The Bertz CT molecular complexity index is 3630. The summed E-state index contributed by atoms with van der Waals surface area (Å²) < 4.78 is 2.25. The molecule has 8 nitrogen and oxygen atoms in total. The Kier molecular flexibility index (Phi) is 8.13. The predicted octanol–water partition coefficient (Wildman–Crippen LogP) is 12.1. The van der Waals surface area contributed by atoms with Crippen LogP contribution >= 0.6 is 0 Å². The fraction of sp³-hybridized carbons (Fsp3) is 0. The number of para-hydroxylation sites is 1. The van der Waals surface area contributed by atoms with Gasteiger partial charge in [0.2, 0.25) is 0 Å². The Morgan fingerprint density at radius 1 is 0.361 bits per heavy atom. The summed E-state index contributed by atoms with van der Waals surface area (Å²) >= 11 is 0. The van der Waals surface area contributed by atoms with Crippen LogP contribution in [0.3, 0.4) is 0 Å². The highest BCUT2D eigenvalue weighted by Gasteiger charge is 2.22. The summed E-state index contributed by atoms with van der Waals surface area (Å²) in [7, 11) is 0. The van der Waals surface area contributed by atoms with Crippen LogP contribution in [0.4, 0.5) is 0 Å². The van der Waals surface area contributed by atoms with E-state index in [1.54, 1.807) is 6.07 Å². The maximum absolute atomic E-state index is 10.7. The van der Waals surface area contributed by atoms with E-state index in [9.17, 15) is 15.8 Å². The normalized spacial score (nSPS) is 11.2. The van der Waals surface area contributed by atoms with E-state index in [0.717, 1.165) is 77.2 Å². The molecule has 0 aliphatic heterocycles. The summed E-state index contributed by atoms with van der Waals surface area (Å²) in [6.07, 6.45) is 0. The molecule has 61 heavy (non-hydrogen) atoms. The molecule has 0 saturated carbocycles. The number of aromatic nitrogens is 5. The van der Waals surface area contributed by atoms with Gasteiger partial charge in [-0.3, -0.25) is 0 Å². The Morgan fingerprint density at radius 2 is 0.918 bits per heavy atom. The average molecular weight is 777 g/mol. The largest absolute Gasteiger partial charge is 0.308 e. The maximum atomic E-state index is 10.7. The first-order valence-electron chi connectivity index (χ1n) is 19.6. The molecule has 0 unspecified atom stereocenters. The quantitative estimate of drug-likeness (QED) is 0.170. The fourth-order valence-corrected chi connectivity index (χ4v) is 8.45. The highest BCUT2D eigenvalue weighted by molar-refractivity contribution is 6.18. The molecule has 0 spiro atoms. The highest BCUT2D eigenvalue weighted by Crippen LogP contribution is 2.42. The van der Waals surface area contributed by atoms with Gasteiger partial charge in [-0.15, -0.1) is 0 Å². The van der Waals surface area contributed by atoms with Crippen LogP contribution in [0.25, 0.3) is 106 Å². The van der Waals surface area contributed by atoms with E-state index in [4.69, 9.17) is 19.9 Å². The van der Waals surface area contributed by atoms with Gasteiger partial charge >= 0.3 is 0 Å². The molecule has 11 rings (SSSR count). The molecule has 280 valence electrons. The van der Waals surface area contributed by atoms with Crippen molar-refractivity contribution in [2.75, 3.05) is 0 Å². The second-order valence-electron chi connectivity index (χ2n) is 14.8. The zero-order valence-corrected chi connectivity index (χ0v) is 32.2. The van der Waals surface area contributed by atoms with Crippen LogP contribution < -0.4 is 0 Å². The van der Waals surface area contributed by atoms with Gasteiger partial charge in [0.15, 0.2) is 11.6 Å². The molecule has 0 saturated heterocycles. The average Bonchev–Trinajstić information content (AvgIpc) is 3.67. The molecule has 7 aromatic carbocycles. The third kappa shape index (κ3) is 5.90. The van der Waals surface area contributed by atoms with Gasteiger partial charge in [0.25, 0.3) is 0 Å². The van der Waals surface area contributed by atoms with Crippen LogP contribution in [0.2, 0.25) is 0 Å². The van der Waals surface area contributed by atoms with Crippen molar-refractivity contribution in [3.8, 4) is 74.6 Å². The monoisotopic (exact) mass is 776 g/mol. The van der Waals surface area contributed by atoms with Gasteiger partial charge in [-0.25, -0.2) is 19.9 Å². The van der Waals surface area contributed by atoms with Crippen molar-refractivity contribution in [2.24, 2.45) is 0 Å². The Labute approximate surface area is 349 Å². The van der Waals surface area contributed by atoms with Crippen LogP contribution in [-0.2, 0) is 0 Å². The number of rotatable bonds is 5. The minimum Gasteiger partial charge on any atom is -0.308 e. The first kappa shape index (κ1) is 35.2. The van der Waals surface area contributed by atoms with Crippen molar-refractivity contribution < 1.29 is 0 Å². The molecule has 0 N–H and O–H groups in total. The van der Waals surface area contributed by atoms with E-state index in [0.29, 0.717) is 45.1 Å². The van der Waals surface area contributed by atoms with Crippen molar-refractivity contribution in [3.05, 3.63) is 187 Å². The molecule has 8 heteroatoms. The lowest BCUT2D eigenvalue weighted by atomic mass is 9.95. The molecule has 0 aliphatic rings. The van der Waals surface area contributed by atoms with E-state index in [1.165, 1.54) is 0 Å². The molecule has 0 amide bonds. The van der Waals surface area contributed by atoms with Crippen molar-refractivity contribution >= 4 is 49.1 Å². The molecule has 0 atom stereocenters. The SMILES string of the molecule is N#Cc1cc(C#N)cc(-c2cc3c4ccccc4n4c3cc2c2cc(nc(-c3ccccc3)n2)c2cc(C#N)cc(-c3cc(-c5ccccc5)nc(-c5ccccc5)n3)c24)c1. The van der Waals surface area contributed by atoms with E-state index < -0.39 is 0 Å². The molecule has 0 fully saturated rings. The lowest BCUT2D eigenvalue weighted by Gasteiger charge is -2.13. The number of hydrogen-bond donors (Lipinski definition) is 0. The van der Waals surface area contributed by atoms with Gasteiger partial charge in [0, 0.05) is 43.8 Å². The van der Waals surface area contributed by atoms with Crippen LogP contribution in [0.15, 0.2) is 170 Å². The second-order valence-corrected chi connectivity index (χ2v) is 14.8. The molecule has 4 bridgehead atoms. The number of nitrogens with zero attached hydrogens (tertiary/aromatic N) is 8. The van der Waals surface area contributed by atoms with Gasteiger partial charge in [-0.05, 0) is 71.8 Å². The van der Waals surface area contributed by atoms with Crippen LogP contribution in [0.1, 0.15) is 16.7 Å². The minimum atomic E-state index is 0.385. The molecule has 0 radical (unpaired) electrons. The zero-order valence-electron chi connectivity index (χ0n) is 32.2. The number of fused-ring (bicyclic) bond motifs is 10. The van der Waals surface area contributed by atoms with Gasteiger partial charge < -0.3 is 4.40 Å². The summed E-state index contributed by atoms with van der Waals surface area (Å²) in [5, 5.41) is 34.3. The Morgan fingerprint density at radius 3 is 1.57 bits per heavy atom. The van der Waals surface area contributed by atoms with Gasteiger partial charge in [0.05, 0.1) is 73.9 Å². The van der Waals surface area contributed by atoms with E-state index in [1.807, 2.05) is 140 Å². The maximum Gasteiger partial charge on any atom is 0.160 e. The summed E-state index contributed by atoms with van der Waals surface area (Å²) in [6.45, 7) is 0. The summed E-state index contributed by atoms with van der Waals surface area (Å²) in [4.78, 5) is 20.9. The van der Waals surface area contributed by atoms with E-state index >= 15 is 0 Å². The highest BCUT2D eigenvalue weighted by atomic mass is 14.9. The molecule has 11 aromatic rings. The molecular weight excluding hydrogens is 749 g/mol. The van der Waals surface area contributed by atoms with Crippen molar-refractivity contribution in [2.45, 2.75) is 0 Å². The number of benzene rings is 7. The summed E-state index contributed by atoms with van der Waals surface area (Å²) in [5.41, 5.74) is 11.3. The van der Waals surface area contributed by atoms with Gasteiger partial charge in [-0.1, -0.05) is 109 Å². The number of hydrogen-bond acceptors (Lipinski definition) is 7.